The molecule has 0 spiro atoms. The van der Waals surface area contributed by atoms with Crippen molar-refractivity contribution in [1.29, 1.82) is 0 Å². The Labute approximate surface area is 134 Å². The predicted octanol–water partition coefficient (Wildman–Crippen LogP) is 1.17. The molecule has 0 aliphatic heterocycles. The maximum Gasteiger partial charge on any atom is 0.279 e. The first-order chi connectivity index (χ1) is 10.8. The molecule has 2 rings (SSSR count). The molecular formula is C17H21N3O3. The number of hydrogen-bond donors (Lipinski definition) is 2. The van der Waals surface area contributed by atoms with Crippen molar-refractivity contribution in [2.24, 2.45) is 7.05 Å². The third-order valence-electron chi connectivity index (χ3n) is 3.84. The average Bonchev–Trinajstić information content (AvgIpc) is 2.51. The maximum atomic E-state index is 12.3. The van der Waals surface area contributed by atoms with E-state index in [4.69, 9.17) is 0 Å². The van der Waals surface area contributed by atoms with Crippen molar-refractivity contribution in [3.8, 4) is 0 Å². The number of benzene rings is 1. The summed E-state index contributed by atoms with van der Waals surface area (Å²) in [5.41, 5.74) is 2.54. The SMILES string of the molecule is Cc1cccc(C(O)CNC(=O)c2c(C)c(C)nn(C)c2=O)c1. The Hall–Kier alpha value is -2.47. The lowest BCUT2D eigenvalue weighted by atomic mass is 10.1. The van der Waals surface area contributed by atoms with Gasteiger partial charge in [0.15, 0.2) is 0 Å². The van der Waals surface area contributed by atoms with Crippen LogP contribution in [0.15, 0.2) is 29.1 Å². The normalized spacial score (nSPS) is 12.0. The van der Waals surface area contributed by atoms with Gasteiger partial charge in [-0.15, -0.1) is 0 Å². The number of aliphatic hydroxyl groups is 1. The second-order valence-electron chi connectivity index (χ2n) is 5.65. The van der Waals surface area contributed by atoms with E-state index in [0.717, 1.165) is 15.8 Å². The van der Waals surface area contributed by atoms with E-state index in [0.29, 0.717) is 11.3 Å². The number of carbonyl (C=O) groups is 1. The number of carbonyl (C=O) groups excluding carboxylic acids is 1. The molecule has 0 aliphatic rings. The molecular weight excluding hydrogens is 294 g/mol. The van der Waals surface area contributed by atoms with Crippen molar-refractivity contribution in [2.45, 2.75) is 26.9 Å². The summed E-state index contributed by atoms with van der Waals surface area (Å²) in [5.74, 6) is -0.500. The smallest absolute Gasteiger partial charge is 0.279 e. The van der Waals surface area contributed by atoms with Gasteiger partial charge in [0, 0.05) is 13.6 Å². The summed E-state index contributed by atoms with van der Waals surface area (Å²) >= 11 is 0. The van der Waals surface area contributed by atoms with Crippen molar-refractivity contribution in [3.63, 3.8) is 0 Å². The van der Waals surface area contributed by atoms with Gasteiger partial charge in [0.25, 0.3) is 11.5 Å². The first-order valence-corrected chi connectivity index (χ1v) is 7.38. The highest BCUT2D eigenvalue weighted by molar-refractivity contribution is 5.95. The van der Waals surface area contributed by atoms with E-state index in [9.17, 15) is 14.7 Å². The van der Waals surface area contributed by atoms with Crippen molar-refractivity contribution in [3.05, 3.63) is 62.6 Å². The Bertz CT molecular complexity index is 796. The van der Waals surface area contributed by atoms with E-state index in [2.05, 4.69) is 10.4 Å². The fourth-order valence-corrected chi connectivity index (χ4v) is 2.39. The molecule has 0 saturated heterocycles. The minimum Gasteiger partial charge on any atom is -0.387 e. The third-order valence-corrected chi connectivity index (χ3v) is 3.84. The van der Waals surface area contributed by atoms with Gasteiger partial charge in [0.1, 0.15) is 5.56 Å². The summed E-state index contributed by atoms with van der Waals surface area (Å²) in [6.45, 7) is 5.40. The molecule has 1 aromatic carbocycles. The molecule has 0 radical (unpaired) electrons. The lowest BCUT2D eigenvalue weighted by molar-refractivity contribution is 0.0913. The fourth-order valence-electron chi connectivity index (χ4n) is 2.39. The van der Waals surface area contributed by atoms with Gasteiger partial charge in [-0.25, -0.2) is 4.68 Å². The Morgan fingerprint density at radius 2 is 2.04 bits per heavy atom. The topological polar surface area (TPSA) is 84.2 Å². The average molecular weight is 315 g/mol. The van der Waals surface area contributed by atoms with E-state index in [1.807, 2.05) is 25.1 Å². The van der Waals surface area contributed by atoms with Crippen LogP contribution in [0.2, 0.25) is 0 Å². The lowest BCUT2D eigenvalue weighted by Crippen LogP contribution is -2.36. The van der Waals surface area contributed by atoms with Gasteiger partial charge in [-0.1, -0.05) is 29.8 Å². The Morgan fingerprint density at radius 3 is 2.70 bits per heavy atom. The van der Waals surface area contributed by atoms with Gasteiger partial charge in [-0.3, -0.25) is 9.59 Å². The van der Waals surface area contributed by atoms with Crippen LogP contribution in [0.25, 0.3) is 0 Å². The van der Waals surface area contributed by atoms with Gasteiger partial charge < -0.3 is 10.4 Å². The highest BCUT2D eigenvalue weighted by Crippen LogP contribution is 2.13. The summed E-state index contributed by atoms with van der Waals surface area (Å²) in [5, 5.41) is 16.8. The van der Waals surface area contributed by atoms with Crippen LogP contribution in [-0.4, -0.2) is 27.3 Å². The summed E-state index contributed by atoms with van der Waals surface area (Å²) in [4.78, 5) is 24.4. The number of aryl methyl sites for hydroxylation is 3. The van der Waals surface area contributed by atoms with Crippen LogP contribution < -0.4 is 10.9 Å². The van der Waals surface area contributed by atoms with E-state index in [1.54, 1.807) is 19.9 Å². The molecule has 2 N–H and O–H groups in total. The molecule has 2 aromatic rings. The molecule has 1 aromatic heterocycles. The minimum atomic E-state index is -0.828. The molecule has 1 atom stereocenters. The predicted molar refractivity (Wildman–Crippen MR) is 87.4 cm³/mol. The van der Waals surface area contributed by atoms with Crippen LogP contribution in [0.4, 0.5) is 0 Å². The monoisotopic (exact) mass is 315 g/mol. The number of rotatable bonds is 4. The third kappa shape index (κ3) is 3.65. The zero-order valence-corrected chi connectivity index (χ0v) is 13.8. The van der Waals surface area contributed by atoms with Gasteiger partial charge in [0.2, 0.25) is 0 Å². The van der Waals surface area contributed by atoms with Crippen LogP contribution in [0, 0.1) is 20.8 Å². The summed E-state index contributed by atoms with van der Waals surface area (Å²) in [6, 6.07) is 7.44. The number of nitrogens with zero attached hydrogens (tertiary/aromatic N) is 2. The van der Waals surface area contributed by atoms with Crippen molar-refractivity contribution in [1.82, 2.24) is 15.1 Å². The molecule has 23 heavy (non-hydrogen) atoms. The highest BCUT2D eigenvalue weighted by atomic mass is 16.3. The van der Waals surface area contributed by atoms with E-state index < -0.39 is 17.6 Å². The van der Waals surface area contributed by atoms with E-state index in [-0.39, 0.29) is 12.1 Å². The molecule has 0 bridgehead atoms. The molecule has 1 heterocycles. The quantitative estimate of drug-likeness (QED) is 0.887. The molecule has 6 nitrogen and oxygen atoms in total. The molecule has 1 amide bonds. The molecule has 6 heteroatoms. The molecule has 0 saturated carbocycles. The zero-order valence-electron chi connectivity index (χ0n) is 13.8. The zero-order chi connectivity index (χ0) is 17.1. The standard InChI is InChI=1S/C17H21N3O3/c1-10-6-5-7-13(8-10)14(21)9-18-16(22)15-11(2)12(3)19-20(4)17(15)23/h5-8,14,21H,9H2,1-4H3,(H,18,22). The Balaban J connectivity index is 2.16. The Kier molecular flexibility index (Phi) is 4.95. The maximum absolute atomic E-state index is 12.3. The van der Waals surface area contributed by atoms with Gasteiger partial charge >= 0.3 is 0 Å². The largest absolute Gasteiger partial charge is 0.387 e. The second kappa shape index (κ2) is 6.75. The number of hydrogen-bond acceptors (Lipinski definition) is 4. The summed E-state index contributed by atoms with van der Waals surface area (Å²) in [7, 11) is 1.51. The van der Waals surface area contributed by atoms with E-state index in [1.165, 1.54) is 7.05 Å². The number of aliphatic hydroxyl groups excluding tert-OH is 1. The summed E-state index contributed by atoms with van der Waals surface area (Å²) < 4.78 is 1.15. The van der Waals surface area contributed by atoms with Crippen LogP contribution >= 0.6 is 0 Å². The number of nitrogens with one attached hydrogen (secondary N) is 1. The lowest BCUT2D eigenvalue weighted by Gasteiger charge is -2.14. The van der Waals surface area contributed by atoms with Gasteiger partial charge in [0.05, 0.1) is 11.8 Å². The number of amides is 1. The van der Waals surface area contributed by atoms with Crippen LogP contribution in [-0.2, 0) is 7.05 Å². The van der Waals surface area contributed by atoms with E-state index >= 15 is 0 Å². The number of aromatic nitrogens is 2. The molecule has 1 unspecified atom stereocenters. The molecule has 0 aliphatic carbocycles. The van der Waals surface area contributed by atoms with Crippen LogP contribution in [0.3, 0.4) is 0 Å². The van der Waals surface area contributed by atoms with Crippen LogP contribution in [0.5, 0.6) is 0 Å². The van der Waals surface area contributed by atoms with Crippen molar-refractivity contribution >= 4 is 5.91 Å². The molecule has 0 fully saturated rings. The first-order valence-electron chi connectivity index (χ1n) is 7.38. The second-order valence-corrected chi connectivity index (χ2v) is 5.65. The van der Waals surface area contributed by atoms with Crippen molar-refractivity contribution < 1.29 is 9.90 Å². The highest BCUT2D eigenvalue weighted by Gasteiger charge is 2.19. The minimum absolute atomic E-state index is 0.0340. The van der Waals surface area contributed by atoms with Crippen molar-refractivity contribution in [2.75, 3.05) is 6.54 Å². The Morgan fingerprint density at radius 1 is 1.35 bits per heavy atom. The first kappa shape index (κ1) is 16.9. The molecule has 122 valence electrons. The fraction of sp³-hybridized carbons (Fsp3) is 0.353. The summed E-state index contributed by atoms with van der Waals surface area (Å²) in [6.07, 6.45) is -0.828. The van der Waals surface area contributed by atoms with Gasteiger partial charge in [-0.2, -0.15) is 5.10 Å². The van der Waals surface area contributed by atoms with Crippen LogP contribution in [0.1, 0.15) is 38.8 Å². The van der Waals surface area contributed by atoms with Gasteiger partial charge in [-0.05, 0) is 31.9 Å².